The maximum Gasteiger partial charge on any atom is 0.339 e. The van der Waals surface area contributed by atoms with Gasteiger partial charge in [-0.15, -0.1) is 0 Å². The van der Waals surface area contributed by atoms with Crippen LogP contribution < -0.4 is 21.7 Å². The van der Waals surface area contributed by atoms with Gasteiger partial charge >= 0.3 is 11.7 Å². The van der Waals surface area contributed by atoms with Crippen molar-refractivity contribution >= 4 is 40.1 Å². The number of ether oxygens (including phenoxy) is 2. The molecule has 10 nitrogen and oxygen atoms in total. The van der Waals surface area contributed by atoms with Crippen molar-refractivity contribution in [1.29, 1.82) is 0 Å². The number of hydrogen-bond acceptors (Lipinski definition) is 8. The molecule has 0 saturated heterocycles. The Morgan fingerprint density at radius 1 is 1.00 bits per heavy atom. The molecule has 0 bridgehead atoms. The normalized spacial score (nSPS) is 13.7. The van der Waals surface area contributed by atoms with E-state index in [2.05, 4.69) is 6.08 Å². The Kier molecular flexibility index (Phi) is 7.08. The Balaban J connectivity index is 1.52. The van der Waals surface area contributed by atoms with Crippen LogP contribution in [0.15, 0.2) is 58.1 Å². The summed E-state index contributed by atoms with van der Waals surface area (Å²) in [5, 5.41) is 0.613. The predicted octanol–water partition coefficient (Wildman–Crippen LogP) is 3.14. The summed E-state index contributed by atoms with van der Waals surface area (Å²) in [6, 6.07) is 14.9. The van der Waals surface area contributed by atoms with E-state index in [1.807, 2.05) is 42.5 Å². The van der Waals surface area contributed by atoms with Crippen LogP contribution in [0.25, 0.3) is 22.6 Å². The highest BCUT2D eigenvalue weighted by atomic mass is 16.5. The second-order valence-corrected chi connectivity index (χ2v) is 9.59. The highest BCUT2D eigenvalue weighted by molar-refractivity contribution is 6.08. The minimum Gasteiger partial charge on any atom is -0.497 e. The number of aromatic nitrogens is 3. The number of esters is 1. The zero-order valence-corrected chi connectivity index (χ0v) is 22.4. The molecule has 0 radical (unpaired) electrons. The van der Waals surface area contributed by atoms with Gasteiger partial charge in [0.2, 0.25) is 5.78 Å². The van der Waals surface area contributed by atoms with Gasteiger partial charge in [-0.25, -0.2) is 14.6 Å². The highest BCUT2D eigenvalue weighted by Gasteiger charge is 2.27. The molecular formula is C30H28N4O6. The summed E-state index contributed by atoms with van der Waals surface area (Å²) in [5.74, 6) is -1.02. The number of anilines is 1. The monoisotopic (exact) mass is 540 g/mol. The van der Waals surface area contributed by atoms with Crippen LogP contribution in [0.3, 0.4) is 0 Å². The fraction of sp³-hybridized carbons (Fsp3) is 0.233. The summed E-state index contributed by atoms with van der Waals surface area (Å²) < 4.78 is 12.5. The third kappa shape index (κ3) is 4.68. The third-order valence-electron chi connectivity index (χ3n) is 7.15. The summed E-state index contributed by atoms with van der Waals surface area (Å²) in [5.41, 5.74) is 8.39. The van der Waals surface area contributed by atoms with Crippen LogP contribution in [0.4, 0.5) is 5.82 Å². The Morgan fingerprint density at radius 2 is 1.73 bits per heavy atom. The van der Waals surface area contributed by atoms with Crippen LogP contribution in [0, 0.1) is 0 Å². The van der Waals surface area contributed by atoms with Gasteiger partial charge in [0.15, 0.2) is 6.61 Å². The first-order valence-electron chi connectivity index (χ1n) is 12.7. The fourth-order valence-electron chi connectivity index (χ4n) is 5.01. The van der Waals surface area contributed by atoms with E-state index in [1.54, 1.807) is 13.2 Å². The molecule has 1 aliphatic rings. The van der Waals surface area contributed by atoms with E-state index in [0.717, 1.165) is 50.1 Å². The average Bonchev–Trinajstić information content (AvgIpc) is 2.97. The lowest BCUT2D eigenvalue weighted by Gasteiger charge is -2.22. The zero-order valence-electron chi connectivity index (χ0n) is 22.4. The number of fused-ring (bicyclic) bond motifs is 2. The smallest absolute Gasteiger partial charge is 0.339 e. The third-order valence-corrected chi connectivity index (χ3v) is 7.15. The summed E-state index contributed by atoms with van der Waals surface area (Å²) in [6.07, 6.45) is 4.25. The molecule has 0 saturated carbocycles. The second-order valence-electron chi connectivity index (χ2n) is 9.59. The molecular weight excluding hydrogens is 512 g/mol. The Labute approximate surface area is 229 Å². The molecule has 2 heterocycles. The number of benzene rings is 2. The SMILES string of the molecule is COc1ccc(/C=C2/CCCc3c2nc2ccccc2c3C(=O)OCC(=O)c2c(N)n(C)c(=O)n(C)c2=O)cc1. The maximum atomic E-state index is 13.6. The van der Waals surface area contributed by atoms with Crippen LogP contribution in [-0.4, -0.2) is 39.6 Å². The van der Waals surface area contributed by atoms with Crippen molar-refractivity contribution in [3.05, 3.63) is 97.3 Å². The van der Waals surface area contributed by atoms with E-state index >= 15 is 0 Å². The van der Waals surface area contributed by atoms with E-state index < -0.39 is 35.2 Å². The van der Waals surface area contributed by atoms with Crippen LogP contribution >= 0.6 is 0 Å². The number of nitrogen functional groups attached to an aromatic ring is 1. The van der Waals surface area contributed by atoms with Crippen molar-refractivity contribution in [2.75, 3.05) is 19.5 Å². The number of carbonyl (C=O) groups is 2. The quantitative estimate of drug-likeness (QED) is 0.291. The lowest BCUT2D eigenvalue weighted by Crippen LogP contribution is -2.42. The first-order chi connectivity index (χ1) is 19.2. The van der Waals surface area contributed by atoms with Gasteiger partial charge in [-0.05, 0) is 60.2 Å². The number of methoxy groups -OCH3 is 1. The van der Waals surface area contributed by atoms with E-state index in [1.165, 1.54) is 14.1 Å². The van der Waals surface area contributed by atoms with Crippen LogP contribution in [0.1, 0.15) is 50.4 Å². The first-order valence-corrected chi connectivity index (χ1v) is 12.7. The molecule has 4 aromatic rings. The molecule has 10 heteroatoms. The van der Waals surface area contributed by atoms with E-state index in [0.29, 0.717) is 22.9 Å². The number of hydrogen-bond donors (Lipinski definition) is 1. The van der Waals surface area contributed by atoms with E-state index in [4.69, 9.17) is 20.2 Å². The molecule has 5 rings (SSSR count). The molecule has 0 atom stereocenters. The lowest BCUT2D eigenvalue weighted by atomic mass is 9.86. The molecule has 204 valence electrons. The lowest BCUT2D eigenvalue weighted by molar-refractivity contribution is 0.0475. The molecule has 40 heavy (non-hydrogen) atoms. The summed E-state index contributed by atoms with van der Waals surface area (Å²) in [6.45, 7) is -0.712. The number of ketones is 1. The van der Waals surface area contributed by atoms with Crippen molar-refractivity contribution in [3.8, 4) is 5.75 Å². The molecule has 2 N–H and O–H groups in total. The van der Waals surface area contributed by atoms with Gasteiger partial charge < -0.3 is 15.2 Å². The van der Waals surface area contributed by atoms with Crippen molar-refractivity contribution in [1.82, 2.24) is 14.1 Å². The zero-order chi connectivity index (χ0) is 28.6. The Bertz CT molecular complexity index is 1820. The number of allylic oxidation sites excluding steroid dienone is 1. The standard InChI is InChI=1S/C30H28N4O6/c1-33-27(31)25(28(36)34(2)30(33)38)23(35)16-40-29(37)24-20-8-4-5-10-22(20)32-26-18(7-6-9-21(24)26)15-17-11-13-19(39-3)14-12-17/h4-5,8,10-15H,6-7,9,16,31H2,1-3H3/b18-15-. The number of Topliss-reactive ketones (excluding diaryl/α,β-unsaturated/α-hetero) is 1. The van der Waals surface area contributed by atoms with Gasteiger partial charge in [0.25, 0.3) is 5.56 Å². The minimum atomic E-state index is -0.846. The minimum absolute atomic E-state index is 0.283. The highest BCUT2D eigenvalue weighted by Crippen LogP contribution is 2.36. The van der Waals surface area contributed by atoms with Gasteiger partial charge in [-0.3, -0.25) is 18.7 Å². The number of nitrogens with two attached hydrogens (primary N) is 1. The number of rotatable bonds is 6. The number of nitrogens with zero attached hydrogens (tertiary/aromatic N) is 3. The summed E-state index contributed by atoms with van der Waals surface area (Å²) in [7, 11) is 4.22. The van der Waals surface area contributed by atoms with Crippen molar-refractivity contribution in [2.24, 2.45) is 14.1 Å². The summed E-state index contributed by atoms with van der Waals surface area (Å²) in [4.78, 5) is 56.1. The van der Waals surface area contributed by atoms with Gasteiger partial charge in [0.1, 0.15) is 17.1 Å². The van der Waals surface area contributed by atoms with Gasteiger partial charge in [-0.1, -0.05) is 30.3 Å². The number of para-hydroxylation sites is 1. The topological polar surface area (TPSA) is 136 Å². The van der Waals surface area contributed by atoms with Crippen molar-refractivity contribution in [2.45, 2.75) is 19.3 Å². The average molecular weight is 541 g/mol. The van der Waals surface area contributed by atoms with Crippen LogP contribution in [0.2, 0.25) is 0 Å². The number of carbonyl (C=O) groups excluding carboxylic acids is 2. The van der Waals surface area contributed by atoms with Crippen LogP contribution in [0.5, 0.6) is 5.75 Å². The molecule has 2 aromatic carbocycles. The van der Waals surface area contributed by atoms with Crippen molar-refractivity contribution in [3.63, 3.8) is 0 Å². The van der Waals surface area contributed by atoms with Gasteiger partial charge in [0.05, 0.1) is 23.9 Å². The molecule has 0 spiro atoms. The Hall–Kier alpha value is -4.99. The second kappa shape index (κ2) is 10.6. The maximum absolute atomic E-state index is 13.6. The molecule has 0 unspecified atom stereocenters. The van der Waals surface area contributed by atoms with Gasteiger partial charge in [0, 0.05) is 19.5 Å². The molecule has 0 amide bonds. The van der Waals surface area contributed by atoms with E-state index in [9.17, 15) is 19.2 Å². The van der Waals surface area contributed by atoms with Crippen molar-refractivity contribution < 1.29 is 19.1 Å². The predicted molar refractivity (Wildman–Crippen MR) is 151 cm³/mol. The fourth-order valence-corrected chi connectivity index (χ4v) is 5.01. The molecule has 0 aliphatic heterocycles. The van der Waals surface area contributed by atoms with Crippen LogP contribution in [-0.2, 0) is 25.3 Å². The largest absolute Gasteiger partial charge is 0.497 e. The Morgan fingerprint density at radius 3 is 2.45 bits per heavy atom. The summed E-state index contributed by atoms with van der Waals surface area (Å²) >= 11 is 0. The van der Waals surface area contributed by atoms with Gasteiger partial charge in [-0.2, -0.15) is 0 Å². The molecule has 1 aliphatic carbocycles. The first kappa shape index (κ1) is 26.6. The molecule has 0 fully saturated rings. The molecule has 2 aromatic heterocycles. The van der Waals surface area contributed by atoms with E-state index in [-0.39, 0.29) is 5.82 Å². The number of pyridine rings is 1.